The Morgan fingerprint density at radius 2 is 1.85 bits per heavy atom. The molecule has 0 amide bonds. The van der Waals surface area contributed by atoms with Gasteiger partial charge in [0.15, 0.2) is 0 Å². The molecular weight excluding hydrogens is 270 g/mol. The molecule has 0 unspecified atom stereocenters. The van der Waals surface area contributed by atoms with Crippen LogP contribution in [0.5, 0.6) is 0 Å². The van der Waals surface area contributed by atoms with E-state index in [-0.39, 0.29) is 0 Å². The third-order valence-corrected chi connectivity index (χ3v) is 4.42. The van der Waals surface area contributed by atoms with Gasteiger partial charge in [-0.05, 0) is 49.3 Å². The predicted octanol–water partition coefficient (Wildman–Crippen LogP) is 4.60. The van der Waals surface area contributed by atoms with Gasteiger partial charge >= 0.3 is 6.18 Å². The highest BCUT2D eigenvalue weighted by atomic mass is 19.4. The molecule has 0 spiro atoms. The van der Waals surface area contributed by atoms with Crippen molar-refractivity contribution in [1.82, 2.24) is 0 Å². The minimum Gasteiger partial charge on any atom is -0.321 e. The lowest BCUT2D eigenvalue weighted by Gasteiger charge is -2.37. The smallest absolute Gasteiger partial charge is 0.321 e. The van der Waals surface area contributed by atoms with Gasteiger partial charge in [0, 0.05) is 5.54 Å². The van der Waals surface area contributed by atoms with E-state index in [4.69, 9.17) is 5.73 Å². The minimum atomic E-state index is -4.68. The summed E-state index contributed by atoms with van der Waals surface area (Å²) in [5.74, 6) is -0.652. The Morgan fingerprint density at radius 1 is 1.25 bits per heavy atom. The first-order chi connectivity index (χ1) is 9.26. The normalized spacial score (nSPS) is 27.6. The van der Waals surface area contributed by atoms with Crippen LogP contribution in [0.4, 0.5) is 17.6 Å². The second-order valence-corrected chi connectivity index (χ2v) is 5.70. The summed E-state index contributed by atoms with van der Waals surface area (Å²) in [5, 5.41) is 0. The van der Waals surface area contributed by atoms with Crippen molar-refractivity contribution in [3.8, 4) is 0 Å². The lowest BCUT2D eigenvalue weighted by Crippen LogP contribution is -2.40. The highest BCUT2D eigenvalue weighted by molar-refractivity contribution is 5.32. The van der Waals surface area contributed by atoms with Gasteiger partial charge in [0.2, 0.25) is 0 Å². The maximum atomic E-state index is 13.3. The molecule has 1 aliphatic carbocycles. The van der Waals surface area contributed by atoms with Crippen molar-refractivity contribution in [3.05, 3.63) is 35.1 Å². The van der Waals surface area contributed by atoms with Crippen molar-refractivity contribution in [2.24, 2.45) is 11.7 Å². The van der Waals surface area contributed by atoms with Gasteiger partial charge in [0.25, 0.3) is 0 Å². The summed E-state index contributed by atoms with van der Waals surface area (Å²) in [4.78, 5) is 0. The van der Waals surface area contributed by atoms with Crippen LogP contribution in [0.25, 0.3) is 0 Å². The number of rotatable bonds is 2. The molecule has 0 radical (unpaired) electrons. The number of nitrogens with two attached hydrogens (primary N) is 1. The predicted molar refractivity (Wildman–Crippen MR) is 69.5 cm³/mol. The van der Waals surface area contributed by atoms with Crippen LogP contribution in [-0.2, 0) is 11.7 Å². The van der Waals surface area contributed by atoms with Crippen LogP contribution in [0, 0.1) is 11.7 Å². The van der Waals surface area contributed by atoms with Crippen molar-refractivity contribution in [3.63, 3.8) is 0 Å². The second-order valence-electron chi connectivity index (χ2n) is 5.70. The molecule has 1 saturated carbocycles. The fourth-order valence-electron chi connectivity index (χ4n) is 2.94. The van der Waals surface area contributed by atoms with Gasteiger partial charge in [-0.1, -0.05) is 19.4 Å². The summed E-state index contributed by atoms with van der Waals surface area (Å²) < 4.78 is 51.6. The standard InChI is InChI=1S/C15H19F4N/c1-2-10-5-7-14(20,8-6-10)11-3-4-13(16)12(9-11)15(17,18)19/h3-4,9-10H,2,5-8,20H2,1H3. The van der Waals surface area contributed by atoms with Crippen molar-refractivity contribution in [1.29, 1.82) is 0 Å². The van der Waals surface area contributed by atoms with E-state index in [9.17, 15) is 17.6 Å². The van der Waals surface area contributed by atoms with E-state index in [1.54, 1.807) is 0 Å². The first-order valence-electron chi connectivity index (χ1n) is 6.92. The van der Waals surface area contributed by atoms with Crippen molar-refractivity contribution in [2.45, 2.75) is 50.7 Å². The molecule has 1 nitrogen and oxygen atoms in total. The molecular formula is C15H19F4N. The molecule has 0 aromatic heterocycles. The topological polar surface area (TPSA) is 26.0 Å². The molecule has 0 atom stereocenters. The Hall–Kier alpha value is -1.10. The fourth-order valence-corrected chi connectivity index (χ4v) is 2.94. The highest BCUT2D eigenvalue weighted by Gasteiger charge is 2.38. The number of hydrogen-bond donors (Lipinski definition) is 1. The number of benzene rings is 1. The van der Waals surface area contributed by atoms with Gasteiger partial charge < -0.3 is 5.73 Å². The summed E-state index contributed by atoms with van der Waals surface area (Å²) in [7, 11) is 0. The summed E-state index contributed by atoms with van der Waals surface area (Å²) >= 11 is 0. The molecule has 1 aliphatic rings. The van der Waals surface area contributed by atoms with Crippen LogP contribution in [0.15, 0.2) is 18.2 Å². The third-order valence-electron chi connectivity index (χ3n) is 4.42. The molecule has 5 heteroatoms. The summed E-state index contributed by atoms with van der Waals surface area (Å²) in [5.41, 5.74) is 4.67. The lowest BCUT2D eigenvalue weighted by atomic mass is 9.72. The zero-order valence-corrected chi connectivity index (χ0v) is 11.4. The van der Waals surface area contributed by atoms with Gasteiger partial charge in [-0.15, -0.1) is 0 Å². The third kappa shape index (κ3) is 2.97. The van der Waals surface area contributed by atoms with Crippen molar-refractivity contribution in [2.75, 3.05) is 0 Å². The Morgan fingerprint density at radius 3 is 2.35 bits per heavy atom. The summed E-state index contributed by atoms with van der Waals surface area (Å²) in [6.45, 7) is 2.10. The highest BCUT2D eigenvalue weighted by Crippen LogP contribution is 2.41. The number of halogens is 4. The first kappa shape index (κ1) is 15.3. The molecule has 1 aromatic rings. The van der Waals surface area contributed by atoms with Gasteiger partial charge in [-0.25, -0.2) is 4.39 Å². The average Bonchev–Trinajstić information content (AvgIpc) is 2.38. The molecule has 0 heterocycles. The van der Waals surface area contributed by atoms with Crippen molar-refractivity contribution < 1.29 is 17.6 Å². The molecule has 0 saturated heterocycles. The van der Waals surface area contributed by atoms with Gasteiger partial charge in [0.1, 0.15) is 5.82 Å². The largest absolute Gasteiger partial charge is 0.419 e. The van der Waals surface area contributed by atoms with E-state index in [1.165, 1.54) is 6.07 Å². The molecule has 0 bridgehead atoms. The molecule has 1 aromatic carbocycles. The number of alkyl halides is 3. The van der Waals surface area contributed by atoms with E-state index >= 15 is 0 Å². The average molecular weight is 289 g/mol. The van der Waals surface area contributed by atoms with E-state index in [1.807, 2.05) is 0 Å². The quantitative estimate of drug-likeness (QED) is 0.791. The SMILES string of the molecule is CCC1CCC(N)(c2ccc(F)c(C(F)(F)F)c2)CC1. The summed E-state index contributed by atoms with van der Waals surface area (Å²) in [6.07, 6.45) is -0.509. The molecule has 112 valence electrons. The zero-order valence-electron chi connectivity index (χ0n) is 11.4. The van der Waals surface area contributed by atoms with E-state index in [2.05, 4.69) is 6.92 Å². The molecule has 2 N–H and O–H groups in total. The maximum Gasteiger partial charge on any atom is 0.419 e. The Kier molecular flexibility index (Phi) is 4.09. The second kappa shape index (κ2) is 5.35. The Labute approximate surface area is 116 Å². The zero-order chi connectivity index (χ0) is 15.0. The van der Waals surface area contributed by atoms with Gasteiger partial charge in [-0.3, -0.25) is 0 Å². The van der Waals surface area contributed by atoms with E-state index in [0.717, 1.165) is 31.4 Å². The van der Waals surface area contributed by atoms with Crippen LogP contribution in [0.3, 0.4) is 0 Å². The van der Waals surface area contributed by atoms with E-state index < -0.39 is 23.1 Å². The van der Waals surface area contributed by atoms with Crippen LogP contribution in [0.2, 0.25) is 0 Å². The molecule has 2 rings (SSSR count). The van der Waals surface area contributed by atoms with E-state index in [0.29, 0.717) is 24.3 Å². The van der Waals surface area contributed by atoms with Crippen LogP contribution in [0.1, 0.15) is 50.2 Å². The van der Waals surface area contributed by atoms with Crippen molar-refractivity contribution >= 4 is 0 Å². The molecule has 0 aliphatic heterocycles. The van der Waals surface area contributed by atoms with Gasteiger partial charge in [0.05, 0.1) is 5.56 Å². The molecule has 1 fully saturated rings. The minimum absolute atomic E-state index is 0.390. The first-order valence-corrected chi connectivity index (χ1v) is 6.92. The Bertz CT molecular complexity index is 473. The van der Waals surface area contributed by atoms with Gasteiger partial charge in [-0.2, -0.15) is 13.2 Å². The van der Waals surface area contributed by atoms with Crippen LogP contribution < -0.4 is 5.73 Å². The Balaban J connectivity index is 2.29. The van der Waals surface area contributed by atoms with Crippen LogP contribution >= 0.6 is 0 Å². The number of hydrogen-bond acceptors (Lipinski definition) is 1. The van der Waals surface area contributed by atoms with Crippen LogP contribution in [-0.4, -0.2) is 0 Å². The lowest BCUT2D eigenvalue weighted by molar-refractivity contribution is -0.140. The monoisotopic (exact) mass is 289 g/mol. The fraction of sp³-hybridized carbons (Fsp3) is 0.600. The maximum absolute atomic E-state index is 13.3. The summed E-state index contributed by atoms with van der Waals surface area (Å²) in [6, 6.07) is 3.14. The molecule has 20 heavy (non-hydrogen) atoms.